The van der Waals surface area contributed by atoms with E-state index in [1.165, 1.54) is 0 Å². The molecule has 4 heteroatoms. The maximum absolute atomic E-state index is 5.58. The van der Waals surface area contributed by atoms with Gasteiger partial charge in [0.1, 0.15) is 4.99 Å². The first-order valence-corrected chi connectivity index (χ1v) is 5.99. The summed E-state index contributed by atoms with van der Waals surface area (Å²) >= 11 is 4.94. The van der Waals surface area contributed by atoms with Crippen LogP contribution in [0.1, 0.15) is 32.9 Å². The zero-order valence-corrected chi connectivity index (χ0v) is 10.9. The van der Waals surface area contributed by atoms with Gasteiger partial charge in [0.25, 0.3) is 0 Å². The first-order chi connectivity index (χ1) is 7.56. The zero-order chi connectivity index (χ0) is 12.1. The van der Waals surface area contributed by atoms with Crippen LogP contribution in [0.15, 0.2) is 18.3 Å². The van der Waals surface area contributed by atoms with Crippen molar-refractivity contribution in [1.82, 2.24) is 4.98 Å². The number of nitrogens with zero attached hydrogens (tertiary/aromatic N) is 2. The number of rotatable bonds is 5. The molecule has 0 amide bonds. The fourth-order valence-electron chi connectivity index (χ4n) is 1.66. The predicted octanol–water partition coefficient (Wildman–Crippen LogP) is 2.34. The van der Waals surface area contributed by atoms with E-state index in [4.69, 9.17) is 18.0 Å². The van der Waals surface area contributed by atoms with E-state index in [2.05, 4.69) is 30.7 Å². The first-order valence-electron chi connectivity index (χ1n) is 5.58. The van der Waals surface area contributed by atoms with Crippen LogP contribution in [0.25, 0.3) is 0 Å². The van der Waals surface area contributed by atoms with Crippen LogP contribution < -0.4 is 10.6 Å². The quantitative estimate of drug-likeness (QED) is 0.798. The van der Waals surface area contributed by atoms with Gasteiger partial charge in [-0.1, -0.05) is 19.1 Å². The highest BCUT2D eigenvalue weighted by Crippen LogP contribution is 2.17. The molecule has 0 aromatic carbocycles. The minimum absolute atomic E-state index is 0.349. The van der Waals surface area contributed by atoms with Gasteiger partial charge < -0.3 is 10.6 Å². The zero-order valence-electron chi connectivity index (χ0n) is 10.1. The molecule has 0 saturated heterocycles. The van der Waals surface area contributed by atoms with Crippen molar-refractivity contribution in [3.05, 3.63) is 24.0 Å². The van der Waals surface area contributed by atoms with Crippen molar-refractivity contribution in [2.24, 2.45) is 5.73 Å². The molecule has 0 aliphatic rings. The molecule has 0 spiro atoms. The molecule has 0 radical (unpaired) electrons. The van der Waals surface area contributed by atoms with E-state index in [9.17, 15) is 0 Å². The van der Waals surface area contributed by atoms with Gasteiger partial charge in [-0.2, -0.15) is 0 Å². The minimum atomic E-state index is 0.349. The minimum Gasteiger partial charge on any atom is -0.388 e. The molecule has 0 atom stereocenters. The third kappa shape index (κ3) is 3.17. The second kappa shape index (κ2) is 5.80. The van der Waals surface area contributed by atoms with Gasteiger partial charge in [-0.25, -0.2) is 0 Å². The number of hydrogen-bond donors (Lipinski definition) is 1. The second-order valence-electron chi connectivity index (χ2n) is 4.05. The van der Waals surface area contributed by atoms with Crippen molar-refractivity contribution in [1.29, 1.82) is 0 Å². The smallest absolute Gasteiger partial charge is 0.122 e. The SMILES string of the molecule is CCCN(c1ccnc(C(N)=S)c1)C(C)C. The molecular formula is C12H19N3S. The van der Waals surface area contributed by atoms with Crippen molar-refractivity contribution < 1.29 is 0 Å². The molecule has 0 unspecified atom stereocenters. The molecule has 0 aliphatic heterocycles. The molecule has 1 heterocycles. The topological polar surface area (TPSA) is 42.2 Å². The highest BCUT2D eigenvalue weighted by Gasteiger charge is 2.10. The molecule has 0 saturated carbocycles. The van der Waals surface area contributed by atoms with Gasteiger partial charge >= 0.3 is 0 Å². The van der Waals surface area contributed by atoms with Crippen LogP contribution in [0.3, 0.4) is 0 Å². The molecule has 88 valence electrons. The van der Waals surface area contributed by atoms with Crippen molar-refractivity contribution in [2.75, 3.05) is 11.4 Å². The number of nitrogens with two attached hydrogens (primary N) is 1. The maximum Gasteiger partial charge on any atom is 0.122 e. The van der Waals surface area contributed by atoms with E-state index < -0.39 is 0 Å². The predicted molar refractivity (Wildman–Crippen MR) is 72.9 cm³/mol. The van der Waals surface area contributed by atoms with Crippen LogP contribution in [-0.2, 0) is 0 Å². The summed E-state index contributed by atoms with van der Waals surface area (Å²) in [5.41, 5.74) is 7.41. The molecule has 0 bridgehead atoms. The van der Waals surface area contributed by atoms with Crippen LogP contribution in [0, 0.1) is 0 Å². The normalized spacial score (nSPS) is 10.5. The average Bonchev–Trinajstić information content (AvgIpc) is 2.25. The number of anilines is 1. The lowest BCUT2D eigenvalue weighted by molar-refractivity contribution is 0.670. The lowest BCUT2D eigenvalue weighted by Crippen LogP contribution is -2.31. The van der Waals surface area contributed by atoms with Crippen molar-refractivity contribution in [2.45, 2.75) is 33.2 Å². The Morgan fingerprint density at radius 2 is 2.25 bits per heavy atom. The van der Waals surface area contributed by atoms with Gasteiger partial charge in [-0.3, -0.25) is 4.98 Å². The average molecular weight is 237 g/mol. The molecule has 3 nitrogen and oxygen atoms in total. The van der Waals surface area contributed by atoms with E-state index in [1.807, 2.05) is 12.1 Å². The van der Waals surface area contributed by atoms with Crippen molar-refractivity contribution in [3.63, 3.8) is 0 Å². The Bertz CT molecular complexity index is 363. The van der Waals surface area contributed by atoms with Crippen LogP contribution in [0.5, 0.6) is 0 Å². The van der Waals surface area contributed by atoms with Crippen molar-refractivity contribution in [3.8, 4) is 0 Å². The Morgan fingerprint density at radius 3 is 2.75 bits per heavy atom. The Labute approximate surface area is 103 Å². The van der Waals surface area contributed by atoms with E-state index in [0.717, 1.165) is 18.7 Å². The van der Waals surface area contributed by atoms with E-state index in [0.29, 0.717) is 16.7 Å². The summed E-state index contributed by atoms with van der Waals surface area (Å²) in [6, 6.07) is 4.41. The number of pyridine rings is 1. The van der Waals surface area contributed by atoms with Gasteiger partial charge in [0.15, 0.2) is 0 Å². The van der Waals surface area contributed by atoms with E-state index in [-0.39, 0.29) is 0 Å². The van der Waals surface area contributed by atoms with Crippen molar-refractivity contribution >= 4 is 22.9 Å². The molecule has 1 aromatic rings. The first kappa shape index (κ1) is 12.9. The summed E-state index contributed by atoms with van der Waals surface area (Å²) in [5, 5.41) is 0. The van der Waals surface area contributed by atoms with Gasteiger partial charge in [0.2, 0.25) is 0 Å². The fraction of sp³-hybridized carbons (Fsp3) is 0.500. The lowest BCUT2D eigenvalue weighted by atomic mass is 10.2. The number of hydrogen-bond acceptors (Lipinski definition) is 3. The molecule has 2 N–H and O–H groups in total. The third-order valence-electron chi connectivity index (χ3n) is 2.42. The van der Waals surface area contributed by atoms with E-state index >= 15 is 0 Å². The summed E-state index contributed by atoms with van der Waals surface area (Å²) < 4.78 is 0. The van der Waals surface area contributed by atoms with Gasteiger partial charge in [-0.15, -0.1) is 0 Å². The Kier molecular flexibility index (Phi) is 4.68. The summed E-state index contributed by atoms with van der Waals surface area (Å²) in [6.07, 6.45) is 2.87. The fourth-order valence-corrected chi connectivity index (χ4v) is 1.77. The monoisotopic (exact) mass is 237 g/mol. The Balaban J connectivity index is 3.00. The second-order valence-corrected chi connectivity index (χ2v) is 4.49. The third-order valence-corrected chi connectivity index (χ3v) is 2.62. The van der Waals surface area contributed by atoms with Crippen LogP contribution in [0.4, 0.5) is 5.69 Å². The Morgan fingerprint density at radius 1 is 1.56 bits per heavy atom. The molecule has 1 aromatic heterocycles. The molecule has 1 rings (SSSR count). The summed E-state index contributed by atoms with van der Waals surface area (Å²) in [4.78, 5) is 6.82. The summed E-state index contributed by atoms with van der Waals surface area (Å²) in [6.45, 7) is 7.55. The van der Waals surface area contributed by atoms with Crippen LogP contribution in [0.2, 0.25) is 0 Å². The molecule has 0 aliphatic carbocycles. The summed E-state index contributed by atoms with van der Waals surface area (Å²) in [5.74, 6) is 0. The van der Waals surface area contributed by atoms with Crippen LogP contribution in [-0.4, -0.2) is 22.6 Å². The largest absolute Gasteiger partial charge is 0.388 e. The number of aromatic nitrogens is 1. The number of thiocarbonyl (C=S) groups is 1. The standard InChI is InChI=1S/C12H19N3S/c1-4-7-15(9(2)3)10-5-6-14-11(8-10)12(13)16/h5-6,8-9H,4,7H2,1-3H3,(H2,13,16). The highest BCUT2D eigenvalue weighted by molar-refractivity contribution is 7.80. The Hall–Kier alpha value is -1.16. The van der Waals surface area contributed by atoms with Gasteiger partial charge in [0, 0.05) is 24.5 Å². The van der Waals surface area contributed by atoms with E-state index in [1.54, 1.807) is 6.20 Å². The maximum atomic E-state index is 5.58. The molecular weight excluding hydrogens is 218 g/mol. The van der Waals surface area contributed by atoms with Gasteiger partial charge in [-0.05, 0) is 32.4 Å². The highest BCUT2D eigenvalue weighted by atomic mass is 32.1. The van der Waals surface area contributed by atoms with Gasteiger partial charge in [0.05, 0.1) is 5.69 Å². The van der Waals surface area contributed by atoms with Crippen LogP contribution >= 0.6 is 12.2 Å². The molecule has 16 heavy (non-hydrogen) atoms. The summed E-state index contributed by atoms with van der Waals surface area (Å²) in [7, 11) is 0. The molecule has 0 fully saturated rings. The lowest BCUT2D eigenvalue weighted by Gasteiger charge is -2.28.